The molecule has 0 spiro atoms. The normalized spacial score (nSPS) is 10.8. The maximum atomic E-state index is 12.3. The van der Waals surface area contributed by atoms with Gasteiger partial charge in [-0.25, -0.2) is 4.98 Å². The Hall–Kier alpha value is -2.96. The number of hydrogen-bond acceptors (Lipinski definition) is 5. The van der Waals surface area contributed by atoms with Gasteiger partial charge in [0.15, 0.2) is 0 Å². The molecule has 7 heteroatoms. The third kappa shape index (κ3) is 3.28. The number of fused-ring (bicyclic) bond motifs is 1. The Morgan fingerprint density at radius 2 is 2.09 bits per heavy atom. The number of rotatable bonds is 5. The summed E-state index contributed by atoms with van der Waals surface area (Å²) in [6.07, 6.45) is 4.31. The fraction of sp³-hybridized carbons (Fsp3) is 0.250. The van der Waals surface area contributed by atoms with Crippen molar-refractivity contribution in [2.45, 2.75) is 26.2 Å². The van der Waals surface area contributed by atoms with Gasteiger partial charge in [-0.15, -0.1) is 0 Å². The first kappa shape index (κ1) is 15.0. The molecular formula is C16H17N5O2. The summed E-state index contributed by atoms with van der Waals surface area (Å²) in [5.41, 5.74) is 1.32. The molecule has 0 aliphatic heterocycles. The molecule has 0 fully saturated rings. The SMILES string of the molecule is CCCCc1cc(NC(=O)c2ccc(O)cc2)n2ncnc2n1. The van der Waals surface area contributed by atoms with Crippen molar-refractivity contribution in [1.82, 2.24) is 19.6 Å². The van der Waals surface area contributed by atoms with Gasteiger partial charge >= 0.3 is 0 Å². The summed E-state index contributed by atoms with van der Waals surface area (Å²) < 4.78 is 1.49. The summed E-state index contributed by atoms with van der Waals surface area (Å²) in [6, 6.07) is 7.87. The molecule has 0 bridgehead atoms. The van der Waals surface area contributed by atoms with Crippen molar-refractivity contribution in [3.63, 3.8) is 0 Å². The highest BCUT2D eigenvalue weighted by molar-refractivity contribution is 6.03. The van der Waals surface area contributed by atoms with Crippen LogP contribution in [0.25, 0.3) is 5.78 Å². The van der Waals surface area contributed by atoms with E-state index < -0.39 is 0 Å². The quantitative estimate of drug-likeness (QED) is 0.755. The first-order valence-electron chi connectivity index (χ1n) is 7.47. The van der Waals surface area contributed by atoms with E-state index in [0.717, 1.165) is 25.0 Å². The zero-order valence-electron chi connectivity index (χ0n) is 12.7. The van der Waals surface area contributed by atoms with Gasteiger partial charge in [-0.2, -0.15) is 14.6 Å². The van der Waals surface area contributed by atoms with E-state index in [1.54, 1.807) is 12.1 Å². The third-order valence-corrected chi connectivity index (χ3v) is 3.46. The molecule has 2 heterocycles. The summed E-state index contributed by atoms with van der Waals surface area (Å²) in [5, 5.41) is 16.2. The number of aryl methyl sites for hydroxylation is 1. The second-order valence-corrected chi connectivity index (χ2v) is 5.21. The Kier molecular flexibility index (Phi) is 4.18. The van der Waals surface area contributed by atoms with Crippen LogP contribution in [0, 0.1) is 0 Å². The molecule has 0 unspecified atom stereocenters. The van der Waals surface area contributed by atoms with Crippen molar-refractivity contribution in [1.29, 1.82) is 0 Å². The second kappa shape index (κ2) is 6.43. The molecule has 1 aromatic carbocycles. The van der Waals surface area contributed by atoms with Crippen molar-refractivity contribution in [2.75, 3.05) is 5.32 Å². The highest BCUT2D eigenvalue weighted by atomic mass is 16.3. The van der Waals surface area contributed by atoms with Gasteiger partial charge in [0.1, 0.15) is 17.9 Å². The van der Waals surface area contributed by atoms with E-state index in [1.807, 2.05) is 6.07 Å². The topological polar surface area (TPSA) is 92.4 Å². The van der Waals surface area contributed by atoms with Gasteiger partial charge in [-0.05, 0) is 37.1 Å². The molecular weight excluding hydrogens is 294 g/mol. The van der Waals surface area contributed by atoms with Gasteiger partial charge < -0.3 is 10.4 Å². The molecule has 0 radical (unpaired) electrons. The highest BCUT2D eigenvalue weighted by Crippen LogP contribution is 2.15. The standard InChI is InChI=1S/C16H17N5O2/c1-2-3-4-12-9-14(21-16(19-12)17-10-18-21)20-15(23)11-5-7-13(22)8-6-11/h5-10,22H,2-4H2,1H3,(H,20,23). The van der Waals surface area contributed by atoms with Crippen LogP contribution in [0.4, 0.5) is 5.82 Å². The van der Waals surface area contributed by atoms with E-state index in [2.05, 4.69) is 27.3 Å². The van der Waals surface area contributed by atoms with E-state index in [0.29, 0.717) is 17.2 Å². The molecule has 2 N–H and O–H groups in total. The number of anilines is 1. The number of aromatic nitrogens is 4. The van der Waals surface area contributed by atoms with Gasteiger partial charge in [0.25, 0.3) is 11.7 Å². The molecule has 2 aromatic heterocycles. The van der Waals surface area contributed by atoms with Crippen molar-refractivity contribution in [2.24, 2.45) is 0 Å². The average Bonchev–Trinajstić information content (AvgIpc) is 3.02. The van der Waals surface area contributed by atoms with Crippen LogP contribution in [0.2, 0.25) is 0 Å². The van der Waals surface area contributed by atoms with Gasteiger partial charge in [-0.1, -0.05) is 13.3 Å². The second-order valence-electron chi connectivity index (χ2n) is 5.21. The summed E-state index contributed by atoms with van der Waals surface area (Å²) in [4.78, 5) is 20.9. The first-order chi connectivity index (χ1) is 11.2. The van der Waals surface area contributed by atoms with Crippen LogP contribution in [-0.4, -0.2) is 30.6 Å². The maximum Gasteiger partial charge on any atom is 0.256 e. The zero-order chi connectivity index (χ0) is 16.2. The molecule has 23 heavy (non-hydrogen) atoms. The van der Waals surface area contributed by atoms with Gasteiger partial charge in [0.2, 0.25) is 0 Å². The van der Waals surface area contributed by atoms with Crippen LogP contribution in [0.5, 0.6) is 5.75 Å². The Bertz CT molecular complexity index is 826. The number of carbonyl (C=O) groups excluding carboxylic acids is 1. The Labute approximate surface area is 133 Å². The molecule has 7 nitrogen and oxygen atoms in total. The lowest BCUT2D eigenvalue weighted by Crippen LogP contribution is -2.15. The Morgan fingerprint density at radius 3 is 2.83 bits per heavy atom. The number of amides is 1. The van der Waals surface area contributed by atoms with Crippen molar-refractivity contribution in [3.05, 3.63) is 47.9 Å². The van der Waals surface area contributed by atoms with E-state index in [1.165, 1.54) is 23.0 Å². The van der Waals surface area contributed by atoms with Crippen molar-refractivity contribution < 1.29 is 9.90 Å². The van der Waals surface area contributed by atoms with Crippen LogP contribution in [0.1, 0.15) is 35.8 Å². The zero-order valence-corrected chi connectivity index (χ0v) is 12.7. The third-order valence-electron chi connectivity index (χ3n) is 3.46. The van der Waals surface area contributed by atoms with E-state index in [-0.39, 0.29) is 11.7 Å². The predicted octanol–water partition coefficient (Wildman–Crippen LogP) is 2.42. The van der Waals surface area contributed by atoms with Crippen molar-refractivity contribution in [3.8, 4) is 5.75 Å². The number of benzene rings is 1. The fourth-order valence-corrected chi connectivity index (χ4v) is 2.24. The minimum atomic E-state index is -0.283. The lowest BCUT2D eigenvalue weighted by atomic mass is 10.2. The summed E-state index contributed by atoms with van der Waals surface area (Å²) in [6.45, 7) is 2.11. The molecule has 0 atom stereocenters. The van der Waals surface area contributed by atoms with Gasteiger partial charge in [-0.3, -0.25) is 4.79 Å². The monoisotopic (exact) mass is 311 g/mol. The average molecular weight is 311 g/mol. The van der Waals surface area contributed by atoms with E-state index >= 15 is 0 Å². The number of carbonyl (C=O) groups is 1. The van der Waals surface area contributed by atoms with Crippen LogP contribution < -0.4 is 5.32 Å². The number of unbranched alkanes of at least 4 members (excludes halogenated alkanes) is 1. The molecule has 0 saturated heterocycles. The number of aromatic hydroxyl groups is 1. The number of nitrogens with zero attached hydrogens (tertiary/aromatic N) is 4. The summed E-state index contributed by atoms with van der Waals surface area (Å²) in [7, 11) is 0. The number of nitrogens with one attached hydrogen (secondary N) is 1. The summed E-state index contributed by atoms with van der Waals surface area (Å²) >= 11 is 0. The molecule has 0 saturated carbocycles. The molecule has 3 rings (SSSR count). The van der Waals surface area contributed by atoms with Crippen molar-refractivity contribution >= 4 is 17.5 Å². The number of hydrogen-bond donors (Lipinski definition) is 2. The smallest absolute Gasteiger partial charge is 0.256 e. The summed E-state index contributed by atoms with van der Waals surface area (Å²) in [5.74, 6) is 0.816. The van der Waals surface area contributed by atoms with E-state index in [9.17, 15) is 9.90 Å². The lowest BCUT2D eigenvalue weighted by Gasteiger charge is -2.09. The van der Waals surface area contributed by atoms with Gasteiger partial charge in [0, 0.05) is 17.3 Å². The predicted molar refractivity (Wildman–Crippen MR) is 85.5 cm³/mol. The molecule has 0 aliphatic carbocycles. The first-order valence-corrected chi connectivity index (χ1v) is 7.47. The largest absolute Gasteiger partial charge is 0.508 e. The number of phenolic OH excluding ortho intramolecular Hbond substituents is 1. The van der Waals surface area contributed by atoms with E-state index in [4.69, 9.17) is 0 Å². The van der Waals surface area contributed by atoms with Crippen LogP contribution in [0.15, 0.2) is 36.7 Å². The fourth-order valence-electron chi connectivity index (χ4n) is 2.24. The highest BCUT2D eigenvalue weighted by Gasteiger charge is 2.12. The van der Waals surface area contributed by atoms with Crippen LogP contribution >= 0.6 is 0 Å². The lowest BCUT2D eigenvalue weighted by molar-refractivity contribution is 0.102. The maximum absolute atomic E-state index is 12.3. The minimum Gasteiger partial charge on any atom is -0.508 e. The molecule has 118 valence electrons. The number of phenols is 1. The molecule has 0 aliphatic rings. The molecule has 1 amide bonds. The minimum absolute atomic E-state index is 0.117. The van der Waals surface area contributed by atoms with Crippen LogP contribution in [0.3, 0.4) is 0 Å². The molecule has 3 aromatic rings. The Balaban J connectivity index is 1.90. The van der Waals surface area contributed by atoms with Crippen LogP contribution in [-0.2, 0) is 6.42 Å². The Morgan fingerprint density at radius 1 is 1.30 bits per heavy atom. The van der Waals surface area contributed by atoms with Gasteiger partial charge in [0.05, 0.1) is 0 Å².